The molecule has 1 aliphatic carbocycles. The maximum Gasteiger partial charge on any atom is 0.215 e. The second-order valence-corrected chi connectivity index (χ2v) is 8.13. The van der Waals surface area contributed by atoms with Gasteiger partial charge in [0.15, 0.2) is 0 Å². The Labute approximate surface area is 125 Å². The molecular weight excluding hydrogens is 290 g/mol. The molecule has 1 aliphatic heterocycles. The van der Waals surface area contributed by atoms with Gasteiger partial charge in [-0.15, -0.1) is 0 Å². The van der Waals surface area contributed by atoms with Gasteiger partial charge < -0.3 is 4.52 Å². The van der Waals surface area contributed by atoms with Crippen molar-refractivity contribution >= 4 is 10.0 Å². The van der Waals surface area contributed by atoms with Gasteiger partial charge in [-0.25, -0.2) is 13.1 Å². The molecular formula is C14H23N3O3S. The maximum atomic E-state index is 12.5. The van der Waals surface area contributed by atoms with Crippen LogP contribution in [0.4, 0.5) is 0 Å². The van der Waals surface area contributed by atoms with Gasteiger partial charge >= 0.3 is 0 Å². The topological polar surface area (TPSA) is 75.4 Å². The molecule has 0 spiro atoms. The van der Waals surface area contributed by atoms with Crippen molar-refractivity contribution in [1.29, 1.82) is 0 Å². The molecule has 6 nitrogen and oxygen atoms in total. The van der Waals surface area contributed by atoms with E-state index < -0.39 is 10.0 Å². The van der Waals surface area contributed by atoms with Crippen LogP contribution in [0.15, 0.2) is 16.9 Å². The molecule has 2 fully saturated rings. The smallest absolute Gasteiger partial charge is 0.215 e. The molecule has 0 aromatic carbocycles. The highest BCUT2D eigenvalue weighted by molar-refractivity contribution is 7.90. The van der Waals surface area contributed by atoms with Crippen LogP contribution in [0.2, 0.25) is 0 Å². The Kier molecular flexibility index (Phi) is 4.61. The molecule has 7 heteroatoms. The van der Waals surface area contributed by atoms with Crippen molar-refractivity contribution in [2.75, 3.05) is 13.1 Å². The Morgan fingerprint density at radius 3 is 2.81 bits per heavy atom. The average molecular weight is 313 g/mol. The lowest BCUT2D eigenvalue weighted by atomic mass is 10.1. The maximum absolute atomic E-state index is 12.5. The van der Waals surface area contributed by atoms with E-state index in [1.807, 2.05) is 6.07 Å². The molecule has 3 rings (SSSR count). The van der Waals surface area contributed by atoms with Crippen LogP contribution in [-0.4, -0.2) is 42.9 Å². The van der Waals surface area contributed by atoms with E-state index in [0.29, 0.717) is 13.1 Å². The van der Waals surface area contributed by atoms with Crippen molar-refractivity contribution in [2.24, 2.45) is 0 Å². The van der Waals surface area contributed by atoms with E-state index in [1.165, 1.54) is 0 Å². The lowest BCUT2D eigenvalue weighted by Gasteiger charge is -2.32. The highest BCUT2D eigenvalue weighted by Crippen LogP contribution is 2.22. The standard InChI is InChI=1S/C14H23N3O3S/c18-21(19,16-12-4-1-2-5-12)14-6-3-8-17(11-14)10-13-7-9-20-15-13/h7,9,12,14,16H,1-6,8,10-11H2. The fraction of sp³-hybridized carbons (Fsp3) is 0.786. The van der Waals surface area contributed by atoms with Gasteiger partial charge in [0.25, 0.3) is 0 Å². The molecule has 1 saturated heterocycles. The van der Waals surface area contributed by atoms with Crippen LogP contribution in [0.1, 0.15) is 44.2 Å². The summed E-state index contributed by atoms with van der Waals surface area (Å²) in [6.07, 6.45) is 7.44. The van der Waals surface area contributed by atoms with Gasteiger partial charge in [0.2, 0.25) is 10.0 Å². The second-order valence-electron chi connectivity index (χ2n) is 6.13. The third-order valence-electron chi connectivity index (χ3n) is 4.46. The number of nitrogens with one attached hydrogen (secondary N) is 1. The molecule has 118 valence electrons. The number of hydrogen-bond donors (Lipinski definition) is 1. The van der Waals surface area contributed by atoms with Gasteiger partial charge in [0.05, 0.1) is 10.9 Å². The highest BCUT2D eigenvalue weighted by atomic mass is 32.2. The number of sulfonamides is 1. The summed E-state index contributed by atoms with van der Waals surface area (Å²) in [5.41, 5.74) is 0.858. The van der Waals surface area contributed by atoms with Crippen molar-refractivity contribution in [3.05, 3.63) is 18.0 Å². The predicted octanol–water partition coefficient (Wildman–Crippen LogP) is 1.50. The first-order chi connectivity index (χ1) is 10.1. The summed E-state index contributed by atoms with van der Waals surface area (Å²) in [5.74, 6) is 0. The summed E-state index contributed by atoms with van der Waals surface area (Å²) < 4.78 is 32.8. The van der Waals surface area contributed by atoms with E-state index >= 15 is 0 Å². The minimum Gasteiger partial charge on any atom is -0.364 e. The number of piperidine rings is 1. The zero-order valence-corrected chi connectivity index (χ0v) is 13.0. The minimum atomic E-state index is -3.21. The molecule has 2 heterocycles. The third-order valence-corrected chi connectivity index (χ3v) is 6.39. The number of likely N-dealkylation sites (tertiary alicyclic amines) is 1. The molecule has 1 N–H and O–H groups in total. The van der Waals surface area contributed by atoms with Gasteiger partial charge in [0.1, 0.15) is 6.26 Å². The van der Waals surface area contributed by atoms with Gasteiger partial charge in [-0.1, -0.05) is 18.0 Å². The lowest BCUT2D eigenvalue weighted by molar-refractivity contribution is 0.215. The average Bonchev–Trinajstić information content (AvgIpc) is 3.12. The molecule has 21 heavy (non-hydrogen) atoms. The summed E-state index contributed by atoms with van der Waals surface area (Å²) in [6, 6.07) is 1.98. The number of aromatic nitrogens is 1. The van der Waals surface area contributed by atoms with Crippen molar-refractivity contribution < 1.29 is 12.9 Å². The van der Waals surface area contributed by atoms with E-state index in [0.717, 1.165) is 50.8 Å². The molecule has 1 aromatic rings. The zero-order valence-electron chi connectivity index (χ0n) is 12.2. The van der Waals surface area contributed by atoms with Crippen molar-refractivity contribution in [1.82, 2.24) is 14.8 Å². The molecule has 1 saturated carbocycles. The normalized spacial score (nSPS) is 25.4. The van der Waals surface area contributed by atoms with Crippen LogP contribution in [-0.2, 0) is 16.6 Å². The third kappa shape index (κ3) is 3.84. The molecule has 1 unspecified atom stereocenters. The molecule has 1 atom stereocenters. The summed E-state index contributed by atoms with van der Waals surface area (Å²) in [6.45, 7) is 2.16. The monoisotopic (exact) mass is 313 g/mol. The number of nitrogens with zero attached hydrogens (tertiary/aromatic N) is 2. The first-order valence-corrected chi connectivity index (χ1v) is 9.31. The van der Waals surface area contributed by atoms with E-state index in [-0.39, 0.29) is 11.3 Å². The van der Waals surface area contributed by atoms with Crippen LogP contribution in [0, 0.1) is 0 Å². The minimum absolute atomic E-state index is 0.154. The van der Waals surface area contributed by atoms with Crippen molar-refractivity contribution in [2.45, 2.75) is 56.4 Å². The quantitative estimate of drug-likeness (QED) is 0.891. The van der Waals surface area contributed by atoms with Gasteiger partial charge in [-0.2, -0.15) is 0 Å². The Bertz CT molecular complexity index is 538. The summed E-state index contributed by atoms with van der Waals surface area (Å²) in [4.78, 5) is 2.15. The Morgan fingerprint density at radius 1 is 1.29 bits per heavy atom. The number of hydrogen-bond acceptors (Lipinski definition) is 5. The Hall–Kier alpha value is -0.920. The van der Waals surface area contributed by atoms with E-state index in [9.17, 15) is 8.42 Å². The van der Waals surface area contributed by atoms with Crippen LogP contribution in [0.5, 0.6) is 0 Å². The first kappa shape index (κ1) is 15.0. The molecule has 0 amide bonds. The van der Waals surface area contributed by atoms with E-state index in [2.05, 4.69) is 14.8 Å². The molecule has 0 radical (unpaired) electrons. The number of rotatable bonds is 5. The molecule has 2 aliphatic rings. The van der Waals surface area contributed by atoms with Gasteiger partial charge in [-0.05, 0) is 32.2 Å². The van der Waals surface area contributed by atoms with Crippen LogP contribution in [0.3, 0.4) is 0 Å². The molecule has 1 aromatic heterocycles. The SMILES string of the molecule is O=S(=O)(NC1CCCC1)C1CCCN(Cc2ccon2)C1. The van der Waals surface area contributed by atoms with Crippen molar-refractivity contribution in [3.8, 4) is 0 Å². The second kappa shape index (κ2) is 6.46. The van der Waals surface area contributed by atoms with Gasteiger partial charge in [-0.3, -0.25) is 4.90 Å². The summed E-state index contributed by atoms with van der Waals surface area (Å²) in [5, 5.41) is 3.59. The Morgan fingerprint density at radius 2 is 2.10 bits per heavy atom. The molecule has 0 bridgehead atoms. The van der Waals surface area contributed by atoms with Crippen LogP contribution in [0.25, 0.3) is 0 Å². The summed E-state index contributed by atoms with van der Waals surface area (Å²) >= 11 is 0. The summed E-state index contributed by atoms with van der Waals surface area (Å²) in [7, 11) is -3.21. The van der Waals surface area contributed by atoms with Crippen LogP contribution < -0.4 is 4.72 Å². The fourth-order valence-corrected chi connectivity index (χ4v) is 5.11. The zero-order chi connectivity index (χ0) is 14.7. The largest absolute Gasteiger partial charge is 0.364 e. The van der Waals surface area contributed by atoms with Crippen molar-refractivity contribution in [3.63, 3.8) is 0 Å². The van der Waals surface area contributed by atoms with E-state index in [4.69, 9.17) is 4.52 Å². The fourth-order valence-electron chi connectivity index (χ4n) is 3.33. The van der Waals surface area contributed by atoms with Crippen LogP contribution >= 0.6 is 0 Å². The lowest BCUT2D eigenvalue weighted by Crippen LogP contribution is -2.48. The predicted molar refractivity (Wildman–Crippen MR) is 79.1 cm³/mol. The highest BCUT2D eigenvalue weighted by Gasteiger charge is 2.33. The van der Waals surface area contributed by atoms with Gasteiger partial charge in [0, 0.05) is 25.2 Å². The Balaban J connectivity index is 1.59. The van der Waals surface area contributed by atoms with E-state index in [1.54, 1.807) is 6.26 Å². The first-order valence-electron chi connectivity index (χ1n) is 7.76.